The van der Waals surface area contributed by atoms with Crippen LogP contribution in [-0.4, -0.2) is 0 Å². The summed E-state index contributed by atoms with van der Waals surface area (Å²) in [4.78, 5) is 1.26. The van der Waals surface area contributed by atoms with E-state index in [1.54, 1.807) is 11.3 Å². The Bertz CT molecular complexity index is 266. The van der Waals surface area contributed by atoms with E-state index in [-0.39, 0.29) is 6.04 Å². The van der Waals surface area contributed by atoms with E-state index in [1.165, 1.54) is 24.1 Å². The zero-order chi connectivity index (χ0) is 10.6. The molecule has 1 atom stereocenters. The van der Waals surface area contributed by atoms with Gasteiger partial charge in [0.2, 0.25) is 0 Å². The van der Waals surface area contributed by atoms with Crippen LogP contribution in [0.2, 0.25) is 0 Å². The van der Waals surface area contributed by atoms with Crippen molar-refractivity contribution >= 4 is 43.2 Å². The Hall–Kier alpha value is 0.620. The van der Waals surface area contributed by atoms with Crippen molar-refractivity contribution < 1.29 is 0 Å². The summed E-state index contributed by atoms with van der Waals surface area (Å²) in [6.45, 7) is 2.21. The average Bonchev–Trinajstić information content (AvgIpc) is 2.47. The molecule has 2 N–H and O–H groups in total. The van der Waals surface area contributed by atoms with Crippen LogP contribution in [0.1, 0.15) is 43.5 Å². The normalized spacial score (nSPS) is 13.1. The van der Waals surface area contributed by atoms with Gasteiger partial charge in [-0.05, 0) is 44.3 Å². The quantitative estimate of drug-likeness (QED) is 0.761. The first kappa shape index (κ1) is 12.7. The summed E-state index contributed by atoms with van der Waals surface area (Å²) < 4.78 is 2.25. The largest absolute Gasteiger partial charge is 0.323 e. The molecule has 1 aromatic rings. The molecule has 0 saturated heterocycles. The highest BCUT2D eigenvalue weighted by Gasteiger charge is 2.11. The van der Waals surface area contributed by atoms with E-state index in [2.05, 4.69) is 44.8 Å². The van der Waals surface area contributed by atoms with Crippen molar-refractivity contribution in [3.05, 3.63) is 19.2 Å². The van der Waals surface area contributed by atoms with Gasteiger partial charge in [0, 0.05) is 15.4 Å². The third-order valence-electron chi connectivity index (χ3n) is 2.15. The molecule has 14 heavy (non-hydrogen) atoms. The fraction of sp³-hybridized carbons (Fsp3) is 0.600. The standard InChI is InChI=1S/C10H15Br2NS/c1-2-3-4-5-8(13)9-6-7(11)10(12)14-9/h6,8H,2-5,13H2,1H3. The number of thiophene rings is 1. The first-order valence-electron chi connectivity index (χ1n) is 4.85. The minimum Gasteiger partial charge on any atom is -0.323 e. The van der Waals surface area contributed by atoms with Crippen LogP contribution in [0.15, 0.2) is 14.3 Å². The minimum absolute atomic E-state index is 0.203. The van der Waals surface area contributed by atoms with Crippen LogP contribution in [0.25, 0.3) is 0 Å². The van der Waals surface area contributed by atoms with Crippen molar-refractivity contribution in [2.45, 2.75) is 38.6 Å². The molecule has 0 aromatic carbocycles. The predicted molar refractivity (Wildman–Crippen MR) is 70.8 cm³/mol. The first-order chi connectivity index (χ1) is 6.65. The van der Waals surface area contributed by atoms with Gasteiger partial charge in [-0.3, -0.25) is 0 Å². The zero-order valence-corrected chi connectivity index (χ0v) is 12.2. The monoisotopic (exact) mass is 339 g/mol. The Morgan fingerprint density at radius 2 is 2.14 bits per heavy atom. The van der Waals surface area contributed by atoms with Gasteiger partial charge in [-0.15, -0.1) is 11.3 Å². The lowest BCUT2D eigenvalue weighted by Gasteiger charge is -2.07. The molecule has 1 unspecified atom stereocenters. The van der Waals surface area contributed by atoms with E-state index in [0.29, 0.717) is 0 Å². The molecule has 0 spiro atoms. The zero-order valence-electron chi connectivity index (χ0n) is 8.22. The van der Waals surface area contributed by atoms with Gasteiger partial charge in [0.25, 0.3) is 0 Å². The Balaban J connectivity index is 2.47. The molecular weight excluding hydrogens is 326 g/mol. The number of halogens is 2. The van der Waals surface area contributed by atoms with E-state index in [9.17, 15) is 0 Å². The molecule has 0 aliphatic rings. The summed E-state index contributed by atoms with van der Waals surface area (Å²) in [6.07, 6.45) is 4.85. The van der Waals surface area contributed by atoms with E-state index >= 15 is 0 Å². The minimum atomic E-state index is 0.203. The molecular formula is C10H15Br2NS. The topological polar surface area (TPSA) is 26.0 Å². The molecule has 0 aliphatic heterocycles. The number of nitrogens with two attached hydrogens (primary N) is 1. The van der Waals surface area contributed by atoms with Crippen LogP contribution in [0.4, 0.5) is 0 Å². The Kier molecular flexibility index (Phi) is 5.67. The number of unbranched alkanes of at least 4 members (excludes halogenated alkanes) is 2. The average molecular weight is 341 g/mol. The van der Waals surface area contributed by atoms with Gasteiger partial charge in [0.1, 0.15) is 0 Å². The smallest absolute Gasteiger partial charge is 0.0843 e. The maximum Gasteiger partial charge on any atom is 0.0843 e. The fourth-order valence-electron chi connectivity index (χ4n) is 1.30. The third-order valence-corrected chi connectivity index (χ3v) is 5.54. The predicted octanol–water partition coefficient (Wildman–Crippen LogP) is 4.85. The molecule has 0 amide bonds. The van der Waals surface area contributed by atoms with Gasteiger partial charge in [-0.2, -0.15) is 0 Å². The molecule has 0 aliphatic carbocycles. The SMILES string of the molecule is CCCCCC(N)c1cc(Br)c(Br)s1. The van der Waals surface area contributed by atoms with E-state index in [4.69, 9.17) is 5.73 Å². The third kappa shape index (κ3) is 3.65. The molecule has 1 rings (SSSR count). The number of rotatable bonds is 5. The van der Waals surface area contributed by atoms with Gasteiger partial charge < -0.3 is 5.73 Å². The summed E-state index contributed by atoms with van der Waals surface area (Å²) in [6, 6.07) is 2.32. The summed E-state index contributed by atoms with van der Waals surface area (Å²) in [5.74, 6) is 0. The summed E-state index contributed by atoms with van der Waals surface area (Å²) in [5.41, 5.74) is 6.09. The molecule has 80 valence electrons. The second-order valence-electron chi connectivity index (χ2n) is 3.37. The Morgan fingerprint density at radius 1 is 1.43 bits per heavy atom. The van der Waals surface area contributed by atoms with Crippen molar-refractivity contribution in [3.63, 3.8) is 0 Å². The highest BCUT2D eigenvalue weighted by atomic mass is 79.9. The highest BCUT2D eigenvalue weighted by Crippen LogP contribution is 2.35. The lowest BCUT2D eigenvalue weighted by atomic mass is 10.1. The highest BCUT2D eigenvalue weighted by molar-refractivity contribution is 9.13. The second kappa shape index (κ2) is 6.26. The lowest BCUT2D eigenvalue weighted by molar-refractivity contribution is 0.587. The van der Waals surface area contributed by atoms with Crippen LogP contribution in [-0.2, 0) is 0 Å². The van der Waals surface area contributed by atoms with Crippen molar-refractivity contribution in [3.8, 4) is 0 Å². The van der Waals surface area contributed by atoms with Crippen LogP contribution in [0, 0.1) is 0 Å². The molecule has 4 heteroatoms. The second-order valence-corrected chi connectivity index (χ2v) is 6.63. The van der Waals surface area contributed by atoms with Gasteiger partial charge in [-0.25, -0.2) is 0 Å². The van der Waals surface area contributed by atoms with Gasteiger partial charge in [0.15, 0.2) is 0 Å². The summed E-state index contributed by atoms with van der Waals surface area (Å²) in [5, 5.41) is 0. The summed E-state index contributed by atoms with van der Waals surface area (Å²) >= 11 is 8.68. The van der Waals surface area contributed by atoms with Crippen LogP contribution >= 0.6 is 43.2 Å². The van der Waals surface area contributed by atoms with Gasteiger partial charge in [-0.1, -0.05) is 26.2 Å². The molecule has 1 aromatic heterocycles. The molecule has 0 bridgehead atoms. The van der Waals surface area contributed by atoms with E-state index in [1.807, 2.05) is 0 Å². The van der Waals surface area contributed by atoms with E-state index < -0.39 is 0 Å². The van der Waals surface area contributed by atoms with Crippen molar-refractivity contribution in [1.29, 1.82) is 0 Å². The first-order valence-corrected chi connectivity index (χ1v) is 7.25. The maximum atomic E-state index is 6.09. The van der Waals surface area contributed by atoms with Crippen molar-refractivity contribution in [1.82, 2.24) is 0 Å². The fourth-order valence-corrected chi connectivity index (χ4v) is 3.43. The molecule has 0 radical (unpaired) electrons. The van der Waals surface area contributed by atoms with Gasteiger partial charge >= 0.3 is 0 Å². The van der Waals surface area contributed by atoms with Crippen molar-refractivity contribution in [2.24, 2.45) is 5.73 Å². The number of hydrogen-bond donors (Lipinski definition) is 1. The molecule has 1 heterocycles. The molecule has 1 nitrogen and oxygen atoms in total. The van der Waals surface area contributed by atoms with Crippen LogP contribution in [0.3, 0.4) is 0 Å². The lowest BCUT2D eigenvalue weighted by Crippen LogP contribution is -2.07. The number of hydrogen-bond acceptors (Lipinski definition) is 2. The Labute approximate surface area is 106 Å². The van der Waals surface area contributed by atoms with Crippen LogP contribution in [0.5, 0.6) is 0 Å². The van der Waals surface area contributed by atoms with Gasteiger partial charge in [0.05, 0.1) is 3.79 Å². The van der Waals surface area contributed by atoms with Crippen molar-refractivity contribution in [2.75, 3.05) is 0 Å². The maximum absolute atomic E-state index is 6.09. The summed E-state index contributed by atoms with van der Waals surface area (Å²) in [7, 11) is 0. The van der Waals surface area contributed by atoms with E-state index in [0.717, 1.165) is 14.7 Å². The molecule has 0 saturated carbocycles. The van der Waals surface area contributed by atoms with Crippen LogP contribution < -0.4 is 5.73 Å². The molecule has 0 fully saturated rings. The Morgan fingerprint density at radius 3 is 2.64 bits per heavy atom.